The number of nitrogens with zero attached hydrogens (tertiary/aromatic N) is 1. The van der Waals surface area contributed by atoms with E-state index < -0.39 is 0 Å². The largest absolute Gasteiger partial charge is 0.342 e. The van der Waals surface area contributed by atoms with E-state index in [2.05, 4.69) is 0 Å². The van der Waals surface area contributed by atoms with Crippen molar-refractivity contribution in [3.63, 3.8) is 0 Å². The molecule has 0 aromatic carbocycles. The molecule has 0 aliphatic rings. The van der Waals surface area contributed by atoms with Crippen molar-refractivity contribution >= 4 is 11.6 Å². The second kappa shape index (κ2) is 2.64. The van der Waals surface area contributed by atoms with Crippen LogP contribution in [0.5, 0.6) is 0 Å². The highest BCUT2D eigenvalue weighted by molar-refractivity contribution is 6.29. The van der Waals surface area contributed by atoms with Gasteiger partial charge in [0.1, 0.15) is 5.15 Å². The van der Waals surface area contributed by atoms with Gasteiger partial charge in [-0.15, -0.1) is 0 Å². The Kier molecular flexibility index (Phi) is 2.02. The Hall–Kier alpha value is -0.470. The summed E-state index contributed by atoms with van der Waals surface area (Å²) in [6.45, 7) is 1.94. The topological polar surface area (TPSA) is 30.9 Å². The number of nitrogens with two attached hydrogens (primary N) is 1. The fraction of sp³-hybridized carbons (Fsp3) is 0.429. The summed E-state index contributed by atoms with van der Waals surface area (Å²) < 4.78 is 1.85. The lowest BCUT2D eigenvalue weighted by atomic mass is 10.2. The molecule has 1 aromatic rings. The molecule has 2 nitrogen and oxygen atoms in total. The Morgan fingerprint density at radius 3 is 2.50 bits per heavy atom. The summed E-state index contributed by atoms with van der Waals surface area (Å²) >= 11 is 5.78. The SMILES string of the molecule is CC(N)c1cc(Cl)n(C)c1. The molecule has 0 bridgehead atoms. The number of aryl methyl sites for hydroxylation is 1. The molecule has 0 aliphatic carbocycles. The van der Waals surface area contributed by atoms with Gasteiger partial charge in [-0.1, -0.05) is 11.6 Å². The molecule has 10 heavy (non-hydrogen) atoms. The van der Waals surface area contributed by atoms with Gasteiger partial charge in [0.2, 0.25) is 0 Å². The third-order valence-corrected chi connectivity index (χ3v) is 1.87. The van der Waals surface area contributed by atoms with E-state index in [0.29, 0.717) is 0 Å². The number of aromatic nitrogens is 1. The highest BCUT2D eigenvalue weighted by Gasteiger charge is 2.03. The molecule has 1 atom stereocenters. The van der Waals surface area contributed by atoms with E-state index in [9.17, 15) is 0 Å². The van der Waals surface area contributed by atoms with Gasteiger partial charge in [0.15, 0.2) is 0 Å². The molecule has 2 N–H and O–H groups in total. The molecule has 1 unspecified atom stereocenters. The van der Waals surface area contributed by atoms with Crippen LogP contribution in [0.25, 0.3) is 0 Å². The third kappa shape index (κ3) is 1.33. The van der Waals surface area contributed by atoms with Crippen molar-refractivity contribution in [3.8, 4) is 0 Å². The highest BCUT2D eigenvalue weighted by atomic mass is 35.5. The minimum Gasteiger partial charge on any atom is -0.342 e. The molecule has 0 saturated carbocycles. The minimum atomic E-state index is 0.0682. The Morgan fingerprint density at radius 2 is 2.30 bits per heavy atom. The Bertz CT molecular complexity index is 208. The lowest BCUT2D eigenvalue weighted by Gasteiger charge is -1.97. The van der Waals surface area contributed by atoms with Gasteiger partial charge in [-0.2, -0.15) is 0 Å². The van der Waals surface area contributed by atoms with Crippen LogP contribution < -0.4 is 5.73 Å². The lowest BCUT2D eigenvalue weighted by Crippen LogP contribution is -2.03. The van der Waals surface area contributed by atoms with Crippen LogP contribution in [0.2, 0.25) is 5.15 Å². The van der Waals surface area contributed by atoms with E-state index in [1.165, 1.54) is 0 Å². The number of halogens is 1. The molecule has 1 heterocycles. The minimum absolute atomic E-state index is 0.0682. The fourth-order valence-corrected chi connectivity index (χ4v) is 0.986. The van der Waals surface area contributed by atoms with Gasteiger partial charge < -0.3 is 10.3 Å². The Morgan fingerprint density at radius 1 is 1.70 bits per heavy atom. The summed E-state index contributed by atoms with van der Waals surface area (Å²) in [5.41, 5.74) is 6.70. The van der Waals surface area contributed by atoms with E-state index in [0.717, 1.165) is 10.7 Å². The van der Waals surface area contributed by atoms with Crippen LogP contribution in [-0.2, 0) is 7.05 Å². The predicted octanol–water partition coefficient (Wildman–Crippen LogP) is 1.70. The first kappa shape index (κ1) is 7.63. The standard InChI is InChI=1S/C7H11ClN2/c1-5(9)6-3-7(8)10(2)4-6/h3-5H,9H2,1-2H3. The molecule has 1 aromatic heterocycles. The summed E-state index contributed by atoms with van der Waals surface area (Å²) in [7, 11) is 1.90. The van der Waals surface area contributed by atoms with E-state index in [1.54, 1.807) is 0 Å². The van der Waals surface area contributed by atoms with Crippen LogP contribution in [0.4, 0.5) is 0 Å². The predicted molar refractivity (Wildman–Crippen MR) is 43.0 cm³/mol. The first-order valence-electron chi connectivity index (χ1n) is 3.18. The second-order valence-electron chi connectivity index (χ2n) is 2.50. The van der Waals surface area contributed by atoms with Crippen molar-refractivity contribution in [2.75, 3.05) is 0 Å². The molecular formula is C7H11ClN2. The van der Waals surface area contributed by atoms with E-state index in [1.807, 2.05) is 30.8 Å². The maximum Gasteiger partial charge on any atom is 0.108 e. The van der Waals surface area contributed by atoms with E-state index in [4.69, 9.17) is 17.3 Å². The number of rotatable bonds is 1. The Balaban J connectivity index is 2.98. The zero-order valence-electron chi connectivity index (χ0n) is 6.13. The summed E-state index contributed by atoms with van der Waals surface area (Å²) in [5, 5.41) is 0.729. The smallest absolute Gasteiger partial charge is 0.108 e. The molecule has 3 heteroatoms. The van der Waals surface area contributed by atoms with Crippen LogP contribution in [0.3, 0.4) is 0 Å². The van der Waals surface area contributed by atoms with E-state index >= 15 is 0 Å². The molecule has 0 aliphatic heterocycles. The zero-order chi connectivity index (χ0) is 7.72. The van der Waals surface area contributed by atoms with Crippen molar-refractivity contribution in [1.29, 1.82) is 0 Å². The van der Waals surface area contributed by atoms with Crippen molar-refractivity contribution in [2.45, 2.75) is 13.0 Å². The van der Waals surface area contributed by atoms with E-state index in [-0.39, 0.29) is 6.04 Å². The van der Waals surface area contributed by atoms with Crippen molar-refractivity contribution < 1.29 is 0 Å². The first-order chi connectivity index (χ1) is 4.61. The van der Waals surface area contributed by atoms with Crippen LogP contribution in [0.1, 0.15) is 18.5 Å². The summed E-state index contributed by atoms with van der Waals surface area (Å²) in [4.78, 5) is 0. The van der Waals surface area contributed by atoms with Crippen LogP contribution in [0, 0.1) is 0 Å². The molecule has 0 spiro atoms. The van der Waals surface area contributed by atoms with Gasteiger partial charge in [0.05, 0.1) is 0 Å². The number of hydrogen-bond donors (Lipinski definition) is 1. The maximum atomic E-state index is 5.78. The average molecular weight is 159 g/mol. The average Bonchev–Trinajstić information content (AvgIpc) is 2.13. The Labute approximate surface area is 65.6 Å². The molecule has 0 fully saturated rings. The highest BCUT2D eigenvalue weighted by Crippen LogP contribution is 2.16. The molecular weight excluding hydrogens is 148 g/mol. The first-order valence-corrected chi connectivity index (χ1v) is 3.56. The third-order valence-electron chi connectivity index (χ3n) is 1.49. The summed E-state index contributed by atoms with van der Waals surface area (Å²) in [6, 6.07) is 1.95. The van der Waals surface area contributed by atoms with Gasteiger partial charge in [0.25, 0.3) is 0 Å². The van der Waals surface area contributed by atoms with Crippen molar-refractivity contribution in [1.82, 2.24) is 4.57 Å². The molecule has 0 radical (unpaired) electrons. The summed E-state index contributed by atoms with van der Waals surface area (Å²) in [6.07, 6.45) is 1.94. The van der Waals surface area contributed by atoms with Crippen molar-refractivity contribution in [2.24, 2.45) is 12.8 Å². The maximum absolute atomic E-state index is 5.78. The van der Waals surface area contributed by atoms with Gasteiger partial charge in [0, 0.05) is 19.3 Å². The summed E-state index contributed by atoms with van der Waals surface area (Å²) in [5.74, 6) is 0. The normalized spacial score (nSPS) is 13.6. The quantitative estimate of drug-likeness (QED) is 0.663. The lowest BCUT2D eigenvalue weighted by molar-refractivity contribution is 0.809. The van der Waals surface area contributed by atoms with Gasteiger partial charge in [-0.05, 0) is 18.6 Å². The fourth-order valence-electron chi connectivity index (χ4n) is 0.811. The van der Waals surface area contributed by atoms with Crippen LogP contribution in [-0.4, -0.2) is 4.57 Å². The molecule has 0 amide bonds. The number of hydrogen-bond acceptors (Lipinski definition) is 1. The van der Waals surface area contributed by atoms with Crippen LogP contribution in [0.15, 0.2) is 12.3 Å². The van der Waals surface area contributed by atoms with Crippen LogP contribution >= 0.6 is 11.6 Å². The molecule has 56 valence electrons. The van der Waals surface area contributed by atoms with Gasteiger partial charge in [-0.25, -0.2) is 0 Å². The monoisotopic (exact) mass is 158 g/mol. The van der Waals surface area contributed by atoms with Gasteiger partial charge in [-0.3, -0.25) is 0 Å². The molecule has 1 rings (SSSR count). The molecule has 0 saturated heterocycles. The van der Waals surface area contributed by atoms with Crippen molar-refractivity contribution in [3.05, 3.63) is 23.0 Å². The second-order valence-corrected chi connectivity index (χ2v) is 2.88. The zero-order valence-corrected chi connectivity index (χ0v) is 6.89. The van der Waals surface area contributed by atoms with Gasteiger partial charge >= 0.3 is 0 Å².